The molecule has 5 nitrogen and oxygen atoms in total. The Balaban J connectivity index is 3.33. The number of benzene rings is 1. The van der Waals surface area contributed by atoms with Gasteiger partial charge in [0.15, 0.2) is 0 Å². The van der Waals surface area contributed by atoms with Gasteiger partial charge in [0.05, 0.1) is 6.26 Å². The standard InChI is InChI=1S/C12H10O5/c13-7-10(12(16)17)9(6-11(14)15)8-4-2-1-3-5-8/h1-7,13H,(H,14,15)(H,16,17)/b9-6+,10-7?. The summed E-state index contributed by atoms with van der Waals surface area (Å²) in [7, 11) is 0. The van der Waals surface area contributed by atoms with Gasteiger partial charge >= 0.3 is 11.9 Å². The van der Waals surface area contributed by atoms with E-state index in [0.29, 0.717) is 11.8 Å². The molecule has 0 aliphatic heterocycles. The van der Waals surface area contributed by atoms with Crippen molar-refractivity contribution in [2.24, 2.45) is 0 Å². The van der Waals surface area contributed by atoms with Crippen LogP contribution in [-0.2, 0) is 9.59 Å². The Kier molecular flexibility index (Phi) is 4.05. The Hall–Kier alpha value is -2.56. The summed E-state index contributed by atoms with van der Waals surface area (Å²) < 4.78 is 0. The van der Waals surface area contributed by atoms with Crippen molar-refractivity contribution in [2.75, 3.05) is 0 Å². The molecule has 3 N–H and O–H groups in total. The van der Waals surface area contributed by atoms with Crippen LogP contribution in [0.15, 0.2) is 48.2 Å². The van der Waals surface area contributed by atoms with Gasteiger partial charge in [-0.25, -0.2) is 9.59 Å². The largest absolute Gasteiger partial charge is 0.515 e. The van der Waals surface area contributed by atoms with Crippen LogP contribution < -0.4 is 0 Å². The summed E-state index contributed by atoms with van der Waals surface area (Å²) in [5.74, 6) is -2.69. The summed E-state index contributed by atoms with van der Waals surface area (Å²) in [4.78, 5) is 21.5. The van der Waals surface area contributed by atoms with E-state index in [1.54, 1.807) is 30.3 Å². The molecule has 0 aromatic heterocycles. The third-order valence-corrected chi connectivity index (χ3v) is 2.00. The molecule has 0 unspecified atom stereocenters. The van der Waals surface area contributed by atoms with E-state index in [1.165, 1.54) is 0 Å². The second-order valence-corrected chi connectivity index (χ2v) is 3.11. The summed E-state index contributed by atoms with van der Waals surface area (Å²) in [5, 5.41) is 26.4. The van der Waals surface area contributed by atoms with Crippen LogP contribution in [0.4, 0.5) is 0 Å². The Labute approximate surface area is 96.9 Å². The van der Waals surface area contributed by atoms with E-state index in [9.17, 15) is 9.59 Å². The lowest BCUT2D eigenvalue weighted by Gasteiger charge is -2.06. The molecule has 1 rings (SSSR count). The van der Waals surface area contributed by atoms with E-state index in [4.69, 9.17) is 15.3 Å². The summed E-state index contributed by atoms with van der Waals surface area (Å²) in [6, 6.07) is 8.11. The van der Waals surface area contributed by atoms with Crippen LogP contribution in [0.25, 0.3) is 5.57 Å². The molecular formula is C12H10O5. The molecule has 0 amide bonds. The molecule has 0 bridgehead atoms. The Morgan fingerprint density at radius 2 is 1.65 bits per heavy atom. The second kappa shape index (κ2) is 5.50. The van der Waals surface area contributed by atoms with Crippen molar-refractivity contribution in [1.82, 2.24) is 0 Å². The molecular weight excluding hydrogens is 224 g/mol. The van der Waals surface area contributed by atoms with Gasteiger partial charge in [-0.2, -0.15) is 0 Å². The van der Waals surface area contributed by atoms with Gasteiger partial charge in [0.25, 0.3) is 0 Å². The maximum absolute atomic E-state index is 10.9. The highest BCUT2D eigenvalue weighted by Crippen LogP contribution is 2.22. The third-order valence-electron chi connectivity index (χ3n) is 2.00. The average Bonchev–Trinajstić information content (AvgIpc) is 2.29. The maximum atomic E-state index is 10.9. The summed E-state index contributed by atoms with van der Waals surface area (Å²) in [6.07, 6.45) is 1.12. The second-order valence-electron chi connectivity index (χ2n) is 3.11. The predicted molar refractivity (Wildman–Crippen MR) is 60.4 cm³/mol. The van der Waals surface area contributed by atoms with Gasteiger partial charge in [0.1, 0.15) is 5.57 Å². The molecule has 88 valence electrons. The van der Waals surface area contributed by atoms with Crippen LogP contribution in [0.1, 0.15) is 5.56 Å². The van der Waals surface area contributed by atoms with Crippen molar-refractivity contribution in [3.8, 4) is 0 Å². The SMILES string of the molecule is O=C(O)/C=C(/C(=CO)C(=O)O)c1ccccc1. The number of hydrogen-bond donors (Lipinski definition) is 3. The van der Waals surface area contributed by atoms with Crippen molar-refractivity contribution < 1.29 is 24.9 Å². The summed E-state index contributed by atoms with van der Waals surface area (Å²) in [6.45, 7) is 0. The van der Waals surface area contributed by atoms with E-state index in [2.05, 4.69) is 0 Å². The zero-order valence-electron chi connectivity index (χ0n) is 8.70. The van der Waals surface area contributed by atoms with Gasteiger partial charge in [-0.1, -0.05) is 30.3 Å². The molecule has 17 heavy (non-hydrogen) atoms. The lowest BCUT2D eigenvalue weighted by Crippen LogP contribution is -2.05. The number of carboxylic acids is 2. The molecule has 0 heterocycles. The topological polar surface area (TPSA) is 94.8 Å². The molecule has 0 spiro atoms. The van der Waals surface area contributed by atoms with Crippen molar-refractivity contribution in [2.45, 2.75) is 0 Å². The molecule has 0 saturated heterocycles. The fourth-order valence-electron chi connectivity index (χ4n) is 1.30. The summed E-state index contributed by atoms with van der Waals surface area (Å²) >= 11 is 0. The first-order chi connectivity index (χ1) is 8.06. The van der Waals surface area contributed by atoms with Crippen molar-refractivity contribution in [3.63, 3.8) is 0 Å². The number of aliphatic hydroxyl groups is 1. The van der Waals surface area contributed by atoms with Crippen LogP contribution in [0.3, 0.4) is 0 Å². The van der Waals surface area contributed by atoms with Crippen LogP contribution >= 0.6 is 0 Å². The quantitative estimate of drug-likeness (QED) is 0.418. The maximum Gasteiger partial charge on any atom is 0.339 e. The van der Waals surface area contributed by atoms with Gasteiger partial charge < -0.3 is 15.3 Å². The number of hydrogen-bond acceptors (Lipinski definition) is 3. The lowest BCUT2D eigenvalue weighted by atomic mass is 9.98. The van der Waals surface area contributed by atoms with E-state index in [0.717, 1.165) is 6.08 Å². The van der Waals surface area contributed by atoms with Crippen LogP contribution in [0, 0.1) is 0 Å². The van der Waals surface area contributed by atoms with Crippen molar-refractivity contribution >= 4 is 17.5 Å². The van der Waals surface area contributed by atoms with Crippen LogP contribution in [0.5, 0.6) is 0 Å². The molecule has 0 aliphatic carbocycles. The molecule has 1 aromatic carbocycles. The first-order valence-electron chi connectivity index (χ1n) is 4.64. The summed E-state index contributed by atoms with van der Waals surface area (Å²) in [5.41, 5.74) is -0.135. The van der Waals surface area contributed by atoms with Gasteiger partial charge in [0.2, 0.25) is 0 Å². The molecule has 0 fully saturated rings. The van der Waals surface area contributed by atoms with Crippen molar-refractivity contribution in [1.29, 1.82) is 0 Å². The fourth-order valence-corrected chi connectivity index (χ4v) is 1.30. The molecule has 1 aromatic rings. The van der Waals surface area contributed by atoms with Gasteiger partial charge in [-0.05, 0) is 5.56 Å². The third kappa shape index (κ3) is 3.20. The number of aliphatic carboxylic acids is 2. The molecule has 0 saturated carbocycles. The highest BCUT2D eigenvalue weighted by molar-refractivity contribution is 6.09. The number of carbonyl (C=O) groups is 2. The number of rotatable bonds is 4. The molecule has 0 aliphatic rings. The Morgan fingerprint density at radius 3 is 2.06 bits per heavy atom. The Bertz CT molecular complexity index is 485. The van der Waals surface area contributed by atoms with E-state index < -0.39 is 17.5 Å². The van der Waals surface area contributed by atoms with Gasteiger partial charge in [0, 0.05) is 11.6 Å². The van der Waals surface area contributed by atoms with Gasteiger partial charge in [-0.3, -0.25) is 0 Å². The lowest BCUT2D eigenvalue weighted by molar-refractivity contribution is -0.132. The first-order valence-corrected chi connectivity index (χ1v) is 4.64. The number of carboxylic acid groups (broad SMARTS) is 2. The van der Waals surface area contributed by atoms with E-state index >= 15 is 0 Å². The zero-order chi connectivity index (χ0) is 12.8. The fraction of sp³-hybridized carbons (Fsp3) is 0. The minimum atomic E-state index is -1.40. The first kappa shape index (κ1) is 12.5. The molecule has 5 heteroatoms. The zero-order valence-corrected chi connectivity index (χ0v) is 8.70. The van der Waals surface area contributed by atoms with Crippen molar-refractivity contribution in [3.05, 3.63) is 53.8 Å². The van der Waals surface area contributed by atoms with Crippen LogP contribution in [-0.4, -0.2) is 27.3 Å². The highest BCUT2D eigenvalue weighted by Gasteiger charge is 2.16. The Morgan fingerprint density at radius 1 is 1.06 bits per heavy atom. The monoisotopic (exact) mass is 234 g/mol. The predicted octanol–water partition coefficient (Wildman–Crippen LogP) is 1.68. The highest BCUT2D eigenvalue weighted by atomic mass is 16.4. The van der Waals surface area contributed by atoms with Crippen LogP contribution in [0.2, 0.25) is 0 Å². The molecule has 0 radical (unpaired) electrons. The number of aliphatic hydroxyl groups excluding tert-OH is 1. The van der Waals surface area contributed by atoms with E-state index in [1.807, 2.05) is 0 Å². The minimum absolute atomic E-state index is 0.0619. The van der Waals surface area contributed by atoms with E-state index in [-0.39, 0.29) is 5.57 Å². The minimum Gasteiger partial charge on any atom is -0.515 e. The van der Waals surface area contributed by atoms with Gasteiger partial charge in [-0.15, -0.1) is 0 Å². The normalized spacial score (nSPS) is 12.2. The molecule has 0 atom stereocenters. The smallest absolute Gasteiger partial charge is 0.339 e. The average molecular weight is 234 g/mol.